The number of benzene rings is 2. The fourth-order valence-electron chi connectivity index (χ4n) is 4.77. The van der Waals surface area contributed by atoms with Gasteiger partial charge in [0.25, 0.3) is 0 Å². The summed E-state index contributed by atoms with van der Waals surface area (Å²) in [5.41, 5.74) is 1.95. The number of carbonyl (C=O) groups excluding carboxylic acids is 1. The first-order valence-corrected chi connectivity index (χ1v) is 11.4. The third kappa shape index (κ3) is 5.21. The molecule has 2 aromatic carbocycles. The fourth-order valence-corrected chi connectivity index (χ4v) is 4.77. The second kappa shape index (κ2) is 10.1. The van der Waals surface area contributed by atoms with Crippen molar-refractivity contribution < 1.29 is 13.9 Å². The van der Waals surface area contributed by atoms with Gasteiger partial charge in [-0.05, 0) is 65.6 Å². The summed E-state index contributed by atoms with van der Waals surface area (Å²) in [6, 6.07) is 13.7. The first-order chi connectivity index (χ1) is 16.0. The van der Waals surface area contributed by atoms with E-state index in [-0.39, 0.29) is 17.1 Å². The Morgan fingerprint density at radius 1 is 1.12 bits per heavy atom. The summed E-state index contributed by atoms with van der Waals surface area (Å²) in [5.74, 6) is 0.923. The Labute approximate surface area is 193 Å². The van der Waals surface area contributed by atoms with E-state index in [1.54, 1.807) is 30.8 Å². The van der Waals surface area contributed by atoms with E-state index in [0.717, 1.165) is 37.0 Å². The molecule has 1 N–H and O–H groups in total. The molecule has 1 aliphatic carbocycles. The average molecular weight is 452 g/mol. The average Bonchev–Trinajstić information content (AvgIpc) is 3.28. The summed E-state index contributed by atoms with van der Waals surface area (Å²) in [6.45, 7) is 2.31. The number of nitrogens with one attached hydrogen (secondary N) is 1. The van der Waals surface area contributed by atoms with E-state index in [4.69, 9.17) is 4.74 Å². The zero-order valence-corrected chi connectivity index (χ0v) is 19.1. The molecule has 1 aliphatic rings. The van der Waals surface area contributed by atoms with Crippen molar-refractivity contribution in [3.63, 3.8) is 0 Å². The zero-order valence-electron chi connectivity index (χ0n) is 19.1. The second-order valence-corrected chi connectivity index (χ2v) is 8.80. The maximum Gasteiger partial charge on any atom is 0.245 e. The third-order valence-corrected chi connectivity index (χ3v) is 6.71. The molecular formula is C25H30FN5O2. The Balaban J connectivity index is 1.55. The smallest absolute Gasteiger partial charge is 0.245 e. The largest absolute Gasteiger partial charge is 0.497 e. The Bertz CT molecular complexity index is 1060. The van der Waals surface area contributed by atoms with Crippen LogP contribution in [-0.4, -0.2) is 39.8 Å². The van der Waals surface area contributed by atoms with Gasteiger partial charge in [0.1, 0.15) is 23.4 Å². The van der Waals surface area contributed by atoms with Crippen LogP contribution in [0, 0.1) is 12.7 Å². The molecule has 0 aliphatic heterocycles. The van der Waals surface area contributed by atoms with Gasteiger partial charge in [0, 0.05) is 18.4 Å². The normalized spacial score (nSPS) is 16.2. The number of methoxy groups -OCH3 is 1. The highest BCUT2D eigenvalue weighted by atomic mass is 19.1. The number of amides is 1. The van der Waals surface area contributed by atoms with Crippen LogP contribution in [-0.2, 0) is 16.6 Å². The van der Waals surface area contributed by atoms with Crippen LogP contribution >= 0.6 is 0 Å². The Morgan fingerprint density at radius 2 is 1.82 bits per heavy atom. The van der Waals surface area contributed by atoms with Crippen molar-refractivity contribution in [3.05, 3.63) is 71.3 Å². The number of nitrogens with zero attached hydrogens (tertiary/aromatic N) is 4. The molecule has 1 heterocycles. The number of hydrogen-bond donors (Lipinski definition) is 1. The van der Waals surface area contributed by atoms with Gasteiger partial charge in [0.05, 0.1) is 7.11 Å². The van der Waals surface area contributed by atoms with E-state index in [9.17, 15) is 9.18 Å². The van der Waals surface area contributed by atoms with Crippen molar-refractivity contribution in [2.24, 2.45) is 0 Å². The van der Waals surface area contributed by atoms with Crippen LogP contribution in [0.3, 0.4) is 0 Å². The Hall–Kier alpha value is -3.29. The number of aryl methyl sites for hydroxylation is 1. The van der Waals surface area contributed by atoms with Crippen LogP contribution in [0.5, 0.6) is 5.75 Å². The van der Waals surface area contributed by atoms with Crippen LogP contribution in [0.4, 0.5) is 4.39 Å². The van der Waals surface area contributed by atoms with Gasteiger partial charge in [-0.1, -0.05) is 43.5 Å². The van der Waals surface area contributed by atoms with Gasteiger partial charge in [-0.2, -0.15) is 0 Å². The maximum atomic E-state index is 13.5. The van der Waals surface area contributed by atoms with E-state index in [2.05, 4.69) is 33.0 Å². The first kappa shape index (κ1) is 22.9. The van der Waals surface area contributed by atoms with Crippen molar-refractivity contribution >= 4 is 5.91 Å². The summed E-state index contributed by atoms with van der Waals surface area (Å²) < 4.78 is 20.2. The number of ether oxygens (including phenoxy) is 1. The van der Waals surface area contributed by atoms with Gasteiger partial charge in [-0.15, -0.1) is 5.10 Å². The van der Waals surface area contributed by atoms with Crippen molar-refractivity contribution in [2.75, 3.05) is 13.7 Å². The molecule has 8 heteroatoms. The molecule has 3 aromatic rings. The number of aromatic nitrogens is 4. The van der Waals surface area contributed by atoms with Crippen LogP contribution in [0.2, 0.25) is 0 Å². The van der Waals surface area contributed by atoms with Crippen LogP contribution in [0.1, 0.15) is 55.1 Å². The Kier molecular flexibility index (Phi) is 7.01. The number of halogens is 1. The molecular weight excluding hydrogens is 421 g/mol. The van der Waals surface area contributed by atoms with E-state index < -0.39 is 6.04 Å². The first-order valence-electron chi connectivity index (χ1n) is 11.4. The van der Waals surface area contributed by atoms with E-state index in [1.165, 1.54) is 24.1 Å². The zero-order chi connectivity index (χ0) is 23.3. The topological polar surface area (TPSA) is 81.9 Å². The minimum absolute atomic E-state index is 0.115. The number of carbonyl (C=O) groups is 1. The SMILES string of the molecule is COc1ccc(C2(CNC(=O)C(Cc3ccc(F)cc3)n3nnnc3C)CCCCC2)cc1. The highest BCUT2D eigenvalue weighted by molar-refractivity contribution is 5.80. The molecule has 1 fully saturated rings. The predicted octanol–water partition coefficient (Wildman–Crippen LogP) is 3.93. The molecule has 0 radical (unpaired) electrons. The highest BCUT2D eigenvalue weighted by Crippen LogP contribution is 2.39. The summed E-state index contributed by atoms with van der Waals surface area (Å²) in [5, 5.41) is 14.9. The molecule has 1 amide bonds. The summed E-state index contributed by atoms with van der Waals surface area (Å²) in [7, 11) is 1.66. The van der Waals surface area contributed by atoms with E-state index >= 15 is 0 Å². The number of rotatable bonds is 8. The van der Waals surface area contributed by atoms with Gasteiger partial charge in [-0.25, -0.2) is 9.07 Å². The number of hydrogen-bond acceptors (Lipinski definition) is 5. The van der Waals surface area contributed by atoms with Gasteiger partial charge in [0.15, 0.2) is 0 Å². The Morgan fingerprint density at radius 3 is 2.42 bits per heavy atom. The minimum atomic E-state index is -0.623. The van der Waals surface area contributed by atoms with E-state index in [0.29, 0.717) is 18.8 Å². The lowest BCUT2D eigenvalue weighted by Gasteiger charge is -2.38. The minimum Gasteiger partial charge on any atom is -0.497 e. The molecule has 174 valence electrons. The van der Waals surface area contributed by atoms with Crippen LogP contribution in [0.25, 0.3) is 0 Å². The van der Waals surface area contributed by atoms with Gasteiger partial charge in [-0.3, -0.25) is 4.79 Å². The second-order valence-electron chi connectivity index (χ2n) is 8.80. The predicted molar refractivity (Wildman–Crippen MR) is 122 cm³/mol. The monoisotopic (exact) mass is 451 g/mol. The lowest BCUT2D eigenvalue weighted by atomic mass is 9.69. The molecule has 0 spiro atoms. The fraction of sp³-hybridized carbons (Fsp3) is 0.440. The lowest BCUT2D eigenvalue weighted by Crippen LogP contribution is -2.45. The standard InChI is InChI=1S/C25H30FN5O2/c1-18-28-29-30-31(18)23(16-19-6-10-21(26)11-7-19)24(32)27-17-25(14-4-3-5-15-25)20-8-12-22(33-2)13-9-20/h6-13,23H,3-5,14-17H2,1-2H3,(H,27,32). The highest BCUT2D eigenvalue weighted by Gasteiger charge is 2.35. The van der Waals surface area contributed by atoms with Crippen LogP contribution < -0.4 is 10.1 Å². The van der Waals surface area contributed by atoms with Crippen molar-refractivity contribution in [2.45, 2.75) is 56.9 Å². The molecule has 1 atom stereocenters. The van der Waals surface area contributed by atoms with Crippen molar-refractivity contribution in [1.82, 2.24) is 25.5 Å². The molecule has 7 nitrogen and oxygen atoms in total. The van der Waals surface area contributed by atoms with Gasteiger partial charge < -0.3 is 10.1 Å². The lowest BCUT2D eigenvalue weighted by molar-refractivity contribution is -0.125. The van der Waals surface area contributed by atoms with Crippen LogP contribution in [0.15, 0.2) is 48.5 Å². The quantitative estimate of drug-likeness (QED) is 0.561. The van der Waals surface area contributed by atoms with Gasteiger partial charge >= 0.3 is 0 Å². The third-order valence-electron chi connectivity index (χ3n) is 6.71. The molecule has 0 bridgehead atoms. The summed E-state index contributed by atoms with van der Waals surface area (Å²) >= 11 is 0. The molecule has 0 saturated heterocycles. The molecule has 33 heavy (non-hydrogen) atoms. The van der Waals surface area contributed by atoms with Crippen molar-refractivity contribution in [3.8, 4) is 5.75 Å². The number of tetrazole rings is 1. The maximum absolute atomic E-state index is 13.5. The van der Waals surface area contributed by atoms with Crippen molar-refractivity contribution in [1.29, 1.82) is 0 Å². The molecule has 1 aromatic heterocycles. The molecule has 1 saturated carbocycles. The molecule has 1 unspecified atom stereocenters. The summed E-state index contributed by atoms with van der Waals surface area (Å²) in [4.78, 5) is 13.5. The van der Waals surface area contributed by atoms with E-state index in [1.807, 2.05) is 12.1 Å². The molecule has 4 rings (SSSR count). The summed E-state index contributed by atoms with van der Waals surface area (Å²) in [6.07, 6.45) is 5.88. The van der Waals surface area contributed by atoms with Gasteiger partial charge in [0.2, 0.25) is 5.91 Å².